The van der Waals surface area contributed by atoms with Crippen LogP contribution in [0.2, 0.25) is 5.02 Å². The molecule has 0 spiro atoms. The molecule has 1 heterocycles. The van der Waals surface area contributed by atoms with Crippen LogP contribution in [0.5, 0.6) is 0 Å². The molecule has 0 aliphatic rings. The van der Waals surface area contributed by atoms with E-state index in [2.05, 4.69) is 5.10 Å². The van der Waals surface area contributed by atoms with Crippen molar-refractivity contribution in [2.45, 2.75) is 33.4 Å². The zero-order valence-corrected chi connectivity index (χ0v) is 12.0. The summed E-state index contributed by atoms with van der Waals surface area (Å²) in [7, 11) is 0. The Kier molecular flexibility index (Phi) is 6.32. The average Bonchev–Trinajstić information content (AvgIpc) is 2.56. The van der Waals surface area contributed by atoms with Gasteiger partial charge in [-0.1, -0.05) is 11.6 Å². The summed E-state index contributed by atoms with van der Waals surface area (Å²) in [5, 5.41) is 4.81. The average molecular weight is 300 g/mol. The van der Waals surface area contributed by atoms with Gasteiger partial charge in [0.15, 0.2) is 0 Å². The van der Waals surface area contributed by atoms with Crippen molar-refractivity contribution in [3.63, 3.8) is 0 Å². The van der Waals surface area contributed by atoms with E-state index in [0.29, 0.717) is 30.5 Å². The van der Waals surface area contributed by atoms with E-state index in [1.807, 2.05) is 6.92 Å². The minimum absolute atomic E-state index is 0.309. The number of halogens is 4. The van der Waals surface area contributed by atoms with Crippen molar-refractivity contribution in [2.75, 3.05) is 19.0 Å². The smallest absolute Gasteiger partial charge is 0.251 e. The third kappa shape index (κ3) is 4.07. The van der Waals surface area contributed by atoms with Crippen LogP contribution in [0.25, 0.3) is 0 Å². The van der Waals surface area contributed by atoms with Gasteiger partial charge in [0.1, 0.15) is 0 Å². The summed E-state index contributed by atoms with van der Waals surface area (Å²) in [6, 6.07) is 0. The van der Waals surface area contributed by atoms with Crippen LogP contribution in [0.1, 0.15) is 18.3 Å². The molecule has 18 heavy (non-hydrogen) atoms. The van der Waals surface area contributed by atoms with Crippen LogP contribution in [-0.2, 0) is 13.1 Å². The quantitative estimate of drug-likeness (QED) is 0.721. The lowest BCUT2D eigenvalue weighted by Gasteiger charge is -2.21. The first-order chi connectivity index (χ1) is 8.49. The lowest BCUT2D eigenvalue weighted by Crippen LogP contribution is -2.31. The Hall–Kier alpha value is -0.390. The van der Waals surface area contributed by atoms with E-state index in [4.69, 9.17) is 23.2 Å². The van der Waals surface area contributed by atoms with Gasteiger partial charge in [-0.15, -0.1) is 11.6 Å². The lowest BCUT2D eigenvalue weighted by atomic mass is 10.3. The van der Waals surface area contributed by atoms with Crippen LogP contribution < -0.4 is 0 Å². The van der Waals surface area contributed by atoms with Gasteiger partial charge in [-0.05, 0) is 13.8 Å². The van der Waals surface area contributed by atoms with E-state index in [1.165, 1.54) is 0 Å². The Morgan fingerprint density at radius 2 is 2.11 bits per heavy atom. The van der Waals surface area contributed by atoms with Gasteiger partial charge in [0.25, 0.3) is 6.43 Å². The molecule has 104 valence electrons. The molecule has 3 nitrogen and oxygen atoms in total. The van der Waals surface area contributed by atoms with Gasteiger partial charge in [-0.3, -0.25) is 9.58 Å². The fraction of sp³-hybridized carbons (Fsp3) is 0.727. The summed E-state index contributed by atoms with van der Waals surface area (Å²) in [6.07, 6.45) is -2.38. The van der Waals surface area contributed by atoms with E-state index in [1.54, 1.807) is 16.5 Å². The Morgan fingerprint density at radius 3 is 2.61 bits per heavy atom. The van der Waals surface area contributed by atoms with Crippen LogP contribution in [0, 0.1) is 6.92 Å². The molecule has 0 saturated heterocycles. The van der Waals surface area contributed by atoms with Gasteiger partial charge >= 0.3 is 0 Å². The number of alkyl halides is 3. The highest BCUT2D eigenvalue weighted by atomic mass is 35.5. The van der Waals surface area contributed by atoms with Gasteiger partial charge in [0.2, 0.25) is 0 Å². The van der Waals surface area contributed by atoms with Gasteiger partial charge in [0.05, 0.1) is 23.0 Å². The highest BCUT2D eigenvalue weighted by Gasteiger charge is 2.18. The maximum Gasteiger partial charge on any atom is 0.251 e. The van der Waals surface area contributed by atoms with E-state index in [9.17, 15) is 8.78 Å². The Bertz CT molecular complexity index is 383. The predicted octanol–water partition coefficient (Wildman–Crippen LogP) is 3.17. The zero-order chi connectivity index (χ0) is 13.7. The second kappa shape index (κ2) is 7.26. The fourth-order valence-electron chi connectivity index (χ4n) is 1.78. The molecule has 7 heteroatoms. The molecule has 0 fully saturated rings. The summed E-state index contributed by atoms with van der Waals surface area (Å²) < 4.78 is 26.7. The van der Waals surface area contributed by atoms with Crippen molar-refractivity contribution in [3.8, 4) is 0 Å². The number of hydrogen-bond donors (Lipinski definition) is 0. The zero-order valence-electron chi connectivity index (χ0n) is 10.5. The summed E-state index contributed by atoms with van der Waals surface area (Å²) in [4.78, 5) is 1.59. The second-order valence-corrected chi connectivity index (χ2v) is 4.73. The predicted molar refractivity (Wildman–Crippen MR) is 69.6 cm³/mol. The first kappa shape index (κ1) is 15.7. The van der Waals surface area contributed by atoms with Crippen molar-refractivity contribution in [2.24, 2.45) is 0 Å². The number of aryl methyl sites for hydroxylation is 2. The van der Waals surface area contributed by atoms with Gasteiger partial charge in [-0.25, -0.2) is 8.78 Å². The molecular weight excluding hydrogens is 283 g/mol. The molecule has 0 aliphatic heterocycles. The monoisotopic (exact) mass is 299 g/mol. The van der Waals surface area contributed by atoms with Crippen molar-refractivity contribution in [3.05, 3.63) is 16.4 Å². The van der Waals surface area contributed by atoms with Crippen molar-refractivity contribution in [1.29, 1.82) is 0 Å². The van der Waals surface area contributed by atoms with Crippen LogP contribution in [0.4, 0.5) is 8.78 Å². The fourth-order valence-corrected chi connectivity index (χ4v) is 2.22. The van der Waals surface area contributed by atoms with Crippen molar-refractivity contribution in [1.82, 2.24) is 14.7 Å². The third-order valence-corrected chi connectivity index (χ3v) is 3.28. The Morgan fingerprint density at radius 1 is 1.44 bits per heavy atom. The number of hydrogen-bond acceptors (Lipinski definition) is 2. The largest absolute Gasteiger partial charge is 0.291 e. The lowest BCUT2D eigenvalue weighted by molar-refractivity contribution is 0.0866. The molecule has 0 atom stereocenters. The Balaban J connectivity index is 2.85. The van der Waals surface area contributed by atoms with E-state index >= 15 is 0 Å². The van der Waals surface area contributed by atoms with Crippen molar-refractivity contribution < 1.29 is 8.78 Å². The minimum Gasteiger partial charge on any atom is -0.291 e. The molecule has 1 rings (SSSR count). The van der Waals surface area contributed by atoms with Crippen LogP contribution in [0.15, 0.2) is 0 Å². The number of aromatic nitrogens is 2. The first-order valence-electron chi connectivity index (χ1n) is 5.77. The molecule has 0 aromatic carbocycles. The summed E-state index contributed by atoms with van der Waals surface area (Å²) in [6.45, 7) is 4.83. The highest BCUT2D eigenvalue weighted by molar-refractivity contribution is 6.31. The molecule has 1 aromatic heterocycles. The highest BCUT2D eigenvalue weighted by Crippen LogP contribution is 2.22. The van der Waals surface area contributed by atoms with Crippen LogP contribution in [0.3, 0.4) is 0 Å². The topological polar surface area (TPSA) is 21.1 Å². The maximum atomic E-state index is 12.5. The molecular formula is C11H17Cl2F2N3. The van der Waals surface area contributed by atoms with E-state index in [-0.39, 0.29) is 6.54 Å². The molecule has 0 unspecified atom stereocenters. The van der Waals surface area contributed by atoms with Gasteiger partial charge < -0.3 is 0 Å². The van der Waals surface area contributed by atoms with Gasteiger partial charge in [0, 0.05) is 25.5 Å². The first-order valence-corrected chi connectivity index (χ1v) is 6.69. The molecule has 0 N–H and O–H groups in total. The molecule has 0 saturated carbocycles. The van der Waals surface area contributed by atoms with Gasteiger partial charge in [-0.2, -0.15) is 5.10 Å². The SMILES string of the molecule is CCn1nc(C)c(Cl)c1CN(CCCl)CC(F)F. The normalized spacial score (nSPS) is 11.8. The number of nitrogens with zero attached hydrogens (tertiary/aromatic N) is 3. The van der Waals surface area contributed by atoms with E-state index < -0.39 is 6.43 Å². The van der Waals surface area contributed by atoms with Crippen LogP contribution in [-0.4, -0.2) is 40.1 Å². The number of rotatable bonds is 7. The summed E-state index contributed by atoms with van der Waals surface area (Å²) >= 11 is 11.8. The summed E-state index contributed by atoms with van der Waals surface area (Å²) in [5.74, 6) is 0.309. The third-order valence-electron chi connectivity index (χ3n) is 2.62. The van der Waals surface area contributed by atoms with E-state index in [0.717, 1.165) is 11.4 Å². The molecule has 0 amide bonds. The molecule has 0 bridgehead atoms. The standard InChI is InChI=1S/C11H17Cl2F2N3/c1-3-18-9(11(13)8(2)16-18)6-17(5-4-12)7-10(14)15/h10H,3-7H2,1-2H3. The maximum absolute atomic E-state index is 12.5. The minimum atomic E-state index is -2.38. The van der Waals surface area contributed by atoms with Crippen LogP contribution >= 0.6 is 23.2 Å². The second-order valence-electron chi connectivity index (χ2n) is 3.98. The summed E-state index contributed by atoms with van der Waals surface area (Å²) in [5.41, 5.74) is 1.49. The molecule has 1 aromatic rings. The Labute approximate surface area is 116 Å². The molecule has 0 aliphatic carbocycles. The molecule has 0 radical (unpaired) electrons. The van der Waals surface area contributed by atoms with Crippen molar-refractivity contribution >= 4 is 23.2 Å².